The first-order valence-electron chi connectivity index (χ1n) is 6.57. The Morgan fingerprint density at radius 3 is 2.90 bits per heavy atom. The summed E-state index contributed by atoms with van der Waals surface area (Å²) in [5.74, 6) is 0.265. The van der Waals surface area contributed by atoms with Crippen molar-refractivity contribution in [1.82, 2.24) is 10.3 Å². The SMILES string of the molecule is CC(C)NCc1ccc(OCc2cscn2)c([N+](=O)[O-])c1. The minimum Gasteiger partial charge on any atom is -0.480 e. The highest BCUT2D eigenvalue weighted by molar-refractivity contribution is 7.07. The molecule has 0 saturated carbocycles. The van der Waals surface area contributed by atoms with Crippen molar-refractivity contribution in [2.24, 2.45) is 0 Å². The van der Waals surface area contributed by atoms with Gasteiger partial charge in [0.2, 0.25) is 0 Å². The predicted molar refractivity (Wildman–Crippen MR) is 81.5 cm³/mol. The first-order valence-corrected chi connectivity index (χ1v) is 7.51. The van der Waals surface area contributed by atoms with Gasteiger partial charge in [-0.3, -0.25) is 10.1 Å². The van der Waals surface area contributed by atoms with Crippen LogP contribution in [0.1, 0.15) is 25.1 Å². The highest BCUT2D eigenvalue weighted by atomic mass is 32.1. The van der Waals surface area contributed by atoms with Gasteiger partial charge in [-0.2, -0.15) is 0 Å². The van der Waals surface area contributed by atoms with Gasteiger partial charge in [0.15, 0.2) is 5.75 Å². The molecule has 0 radical (unpaired) electrons. The molecule has 21 heavy (non-hydrogen) atoms. The van der Waals surface area contributed by atoms with Gasteiger partial charge in [-0.15, -0.1) is 11.3 Å². The van der Waals surface area contributed by atoms with Crippen LogP contribution in [0.4, 0.5) is 5.69 Å². The molecule has 0 aliphatic rings. The first kappa shape index (κ1) is 15.4. The lowest BCUT2D eigenvalue weighted by Gasteiger charge is -2.10. The fourth-order valence-corrected chi connectivity index (χ4v) is 2.26. The summed E-state index contributed by atoms with van der Waals surface area (Å²) in [5, 5.41) is 16.2. The van der Waals surface area contributed by atoms with Crippen molar-refractivity contribution in [2.45, 2.75) is 33.0 Å². The highest BCUT2D eigenvalue weighted by Gasteiger charge is 2.16. The molecule has 1 N–H and O–H groups in total. The number of nitro benzene ring substituents is 1. The number of nitrogens with one attached hydrogen (secondary N) is 1. The van der Waals surface area contributed by atoms with E-state index in [1.54, 1.807) is 17.6 Å². The van der Waals surface area contributed by atoms with Crippen LogP contribution in [0.15, 0.2) is 29.1 Å². The molecule has 2 aromatic rings. The predicted octanol–water partition coefficient (Wildman–Crippen LogP) is 3.13. The summed E-state index contributed by atoms with van der Waals surface area (Å²) in [4.78, 5) is 14.8. The molecule has 0 saturated heterocycles. The molecule has 0 amide bonds. The fourth-order valence-electron chi connectivity index (χ4n) is 1.72. The molecule has 7 heteroatoms. The van der Waals surface area contributed by atoms with Crippen molar-refractivity contribution < 1.29 is 9.66 Å². The lowest BCUT2D eigenvalue weighted by atomic mass is 10.2. The molecule has 1 aromatic heterocycles. The summed E-state index contributed by atoms with van der Waals surface area (Å²) >= 11 is 1.46. The van der Waals surface area contributed by atoms with Crippen molar-refractivity contribution in [2.75, 3.05) is 0 Å². The Hall–Kier alpha value is -1.99. The van der Waals surface area contributed by atoms with Crippen LogP contribution in [-0.4, -0.2) is 15.9 Å². The second-order valence-electron chi connectivity index (χ2n) is 4.86. The molecule has 0 bridgehead atoms. The van der Waals surface area contributed by atoms with Gasteiger partial charge in [-0.25, -0.2) is 4.98 Å². The number of thiazole rings is 1. The van der Waals surface area contributed by atoms with Crippen molar-refractivity contribution >= 4 is 17.0 Å². The van der Waals surface area contributed by atoms with Crippen LogP contribution >= 0.6 is 11.3 Å². The number of benzene rings is 1. The third kappa shape index (κ3) is 4.51. The second kappa shape index (κ2) is 7.14. The minimum absolute atomic E-state index is 0.0201. The third-order valence-electron chi connectivity index (χ3n) is 2.79. The van der Waals surface area contributed by atoms with Gasteiger partial charge in [0.1, 0.15) is 6.61 Å². The summed E-state index contributed by atoms with van der Waals surface area (Å²) in [7, 11) is 0. The van der Waals surface area contributed by atoms with Crippen LogP contribution in [-0.2, 0) is 13.2 Å². The number of nitro groups is 1. The van der Waals surface area contributed by atoms with Crippen molar-refractivity contribution in [1.29, 1.82) is 0 Å². The summed E-state index contributed by atoms with van der Waals surface area (Å²) in [5.41, 5.74) is 3.30. The van der Waals surface area contributed by atoms with E-state index < -0.39 is 4.92 Å². The average Bonchev–Trinajstić information content (AvgIpc) is 2.96. The molecule has 6 nitrogen and oxygen atoms in total. The van der Waals surface area contributed by atoms with Crippen molar-refractivity contribution in [3.63, 3.8) is 0 Å². The smallest absolute Gasteiger partial charge is 0.311 e. The van der Waals surface area contributed by atoms with E-state index in [0.29, 0.717) is 12.6 Å². The molecule has 0 spiro atoms. The van der Waals surface area contributed by atoms with Gasteiger partial charge in [0.05, 0.1) is 16.1 Å². The van der Waals surface area contributed by atoms with Crippen LogP contribution in [0.2, 0.25) is 0 Å². The van der Waals surface area contributed by atoms with E-state index in [-0.39, 0.29) is 18.0 Å². The van der Waals surface area contributed by atoms with Crippen LogP contribution in [0, 0.1) is 10.1 Å². The zero-order chi connectivity index (χ0) is 15.2. The Morgan fingerprint density at radius 1 is 1.48 bits per heavy atom. The Morgan fingerprint density at radius 2 is 2.29 bits per heavy atom. The molecular weight excluding hydrogens is 290 g/mol. The maximum Gasteiger partial charge on any atom is 0.311 e. The normalized spacial score (nSPS) is 10.8. The molecule has 0 atom stereocenters. The zero-order valence-corrected chi connectivity index (χ0v) is 12.7. The number of hydrogen-bond donors (Lipinski definition) is 1. The molecular formula is C14H17N3O3S. The molecule has 0 aliphatic carbocycles. The molecule has 2 rings (SSSR count). The van der Waals surface area contributed by atoms with E-state index in [9.17, 15) is 10.1 Å². The van der Waals surface area contributed by atoms with E-state index in [2.05, 4.69) is 10.3 Å². The van der Waals surface area contributed by atoms with E-state index >= 15 is 0 Å². The second-order valence-corrected chi connectivity index (χ2v) is 5.58. The molecule has 0 unspecified atom stereocenters. The highest BCUT2D eigenvalue weighted by Crippen LogP contribution is 2.28. The number of aromatic nitrogens is 1. The monoisotopic (exact) mass is 307 g/mol. The molecule has 0 aliphatic heterocycles. The van der Waals surface area contributed by atoms with E-state index in [0.717, 1.165) is 11.3 Å². The molecule has 1 aromatic carbocycles. The Labute approximate surface area is 126 Å². The standard InChI is InChI=1S/C14H17N3O3S/c1-10(2)15-6-11-3-4-14(13(5-11)17(18)19)20-7-12-8-21-9-16-12/h3-5,8-10,15H,6-7H2,1-2H3. The summed E-state index contributed by atoms with van der Waals surface area (Å²) < 4.78 is 5.51. The Balaban J connectivity index is 2.11. The van der Waals surface area contributed by atoms with Gasteiger partial charge in [-0.1, -0.05) is 19.9 Å². The van der Waals surface area contributed by atoms with Gasteiger partial charge >= 0.3 is 5.69 Å². The quantitative estimate of drug-likeness (QED) is 0.628. The fraction of sp³-hybridized carbons (Fsp3) is 0.357. The van der Waals surface area contributed by atoms with Crippen molar-refractivity contribution in [3.05, 3.63) is 50.5 Å². The number of hydrogen-bond acceptors (Lipinski definition) is 6. The summed E-state index contributed by atoms with van der Waals surface area (Å²) in [6.07, 6.45) is 0. The van der Waals surface area contributed by atoms with Crippen LogP contribution in [0.5, 0.6) is 5.75 Å². The zero-order valence-electron chi connectivity index (χ0n) is 11.9. The van der Waals surface area contributed by atoms with Gasteiger partial charge in [0.25, 0.3) is 0 Å². The van der Waals surface area contributed by atoms with Crippen LogP contribution in [0.25, 0.3) is 0 Å². The Bertz CT molecular complexity index is 600. The molecule has 112 valence electrons. The van der Waals surface area contributed by atoms with Crippen LogP contribution < -0.4 is 10.1 Å². The van der Waals surface area contributed by atoms with E-state index in [1.165, 1.54) is 11.3 Å². The minimum atomic E-state index is -0.421. The van der Waals surface area contributed by atoms with Gasteiger partial charge in [0, 0.05) is 24.0 Å². The van der Waals surface area contributed by atoms with Crippen LogP contribution in [0.3, 0.4) is 0 Å². The molecule has 0 fully saturated rings. The lowest BCUT2D eigenvalue weighted by Crippen LogP contribution is -2.21. The number of rotatable bonds is 7. The molecule has 1 heterocycles. The van der Waals surface area contributed by atoms with E-state index in [4.69, 9.17) is 4.74 Å². The van der Waals surface area contributed by atoms with E-state index in [1.807, 2.05) is 25.3 Å². The van der Waals surface area contributed by atoms with Gasteiger partial charge < -0.3 is 10.1 Å². The summed E-state index contributed by atoms with van der Waals surface area (Å²) in [6, 6.07) is 5.34. The average molecular weight is 307 g/mol. The maximum atomic E-state index is 11.2. The maximum absolute atomic E-state index is 11.2. The van der Waals surface area contributed by atoms with Gasteiger partial charge in [-0.05, 0) is 11.6 Å². The number of nitrogens with zero attached hydrogens (tertiary/aromatic N) is 2. The summed E-state index contributed by atoms with van der Waals surface area (Å²) in [6.45, 7) is 4.87. The van der Waals surface area contributed by atoms with Crippen molar-refractivity contribution in [3.8, 4) is 5.75 Å². The Kier molecular flexibility index (Phi) is 5.24. The largest absolute Gasteiger partial charge is 0.480 e. The topological polar surface area (TPSA) is 77.3 Å². The third-order valence-corrected chi connectivity index (χ3v) is 3.43. The first-order chi connectivity index (χ1) is 10.1. The number of ether oxygens (including phenoxy) is 1. The lowest BCUT2D eigenvalue weighted by molar-refractivity contribution is -0.386.